The van der Waals surface area contributed by atoms with Gasteiger partial charge in [0.25, 0.3) is 5.91 Å². The van der Waals surface area contributed by atoms with Gasteiger partial charge in [-0.2, -0.15) is 0 Å². The summed E-state index contributed by atoms with van der Waals surface area (Å²) in [6, 6.07) is 14.0. The van der Waals surface area contributed by atoms with Crippen LogP contribution in [0.4, 0.5) is 5.82 Å². The van der Waals surface area contributed by atoms with Crippen LogP contribution in [0.2, 0.25) is 0 Å². The Morgan fingerprint density at radius 1 is 1.14 bits per heavy atom. The molecular weight excluding hydrogens is 352 g/mol. The monoisotopic (exact) mass is 376 g/mol. The molecule has 6 nitrogen and oxygen atoms in total. The van der Waals surface area contributed by atoms with E-state index in [9.17, 15) is 4.79 Å². The Kier molecular flexibility index (Phi) is 4.19. The number of benzene rings is 1. The fraction of sp³-hybridized carbons (Fsp3) is 0.364. The van der Waals surface area contributed by atoms with E-state index in [1.807, 2.05) is 47.5 Å². The van der Waals surface area contributed by atoms with E-state index in [0.29, 0.717) is 13.1 Å². The van der Waals surface area contributed by atoms with E-state index in [-0.39, 0.29) is 12.0 Å². The van der Waals surface area contributed by atoms with Crippen molar-refractivity contribution in [1.29, 1.82) is 0 Å². The van der Waals surface area contributed by atoms with Crippen LogP contribution < -0.4 is 9.64 Å². The van der Waals surface area contributed by atoms with Crippen LogP contribution in [-0.4, -0.2) is 52.6 Å². The highest BCUT2D eigenvalue weighted by atomic mass is 16.5. The van der Waals surface area contributed by atoms with Crippen LogP contribution in [0, 0.1) is 0 Å². The zero-order valence-electron chi connectivity index (χ0n) is 16.0. The van der Waals surface area contributed by atoms with E-state index < -0.39 is 0 Å². The van der Waals surface area contributed by atoms with Gasteiger partial charge < -0.3 is 19.1 Å². The molecule has 1 fully saturated rings. The van der Waals surface area contributed by atoms with Gasteiger partial charge in [0.1, 0.15) is 23.4 Å². The van der Waals surface area contributed by atoms with Gasteiger partial charge in [0.2, 0.25) is 0 Å². The highest BCUT2D eigenvalue weighted by Crippen LogP contribution is 2.34. The van der Waals surface area contributed by atoms with Gasteiger partial charge in [0, 0.05) is 37.8 Å². The Labute approximate surface area is 164 Å². The fourth-order valence-electron chi connectivity index (χ4n) is 4.23. The first-order valence-corrected chi connectivity index (χ1v) is 9.98. The van der Waals surface area contributed by atoms with Crippen molar-refractivity contribution in [2.75, 3.05) is 31.1 Å². The number of carbonyl (C=O) groups excluding carboxylic acids is 1. The highest BCUT2D eigenvalue weighted by molar-refractivity contribution is 6.00. The summed E-state index contributed by atoms with van der Waals surface area (Å²) in [7, 11) is 0. The van der Waals surface area contributed by atoms with Crippen LogP contribution in [0.1, 0.15) is 23.8 Å². The minimum atomic E-state index is 0.109. The zero-order chi connectivity index (χ0) is 19.1. The molecule has 0 aliphatic carbocycles. The lowest BCUT2D eigenvalue weighted by Crippen LogP contribution is -2.49. The third kappa shape index (κ3) is 2.80. The summed E-state index contributed by atoms with van der Waals surface area (Å²) in [6.07, 6.45) is 2.84. The number of hydrogen-bond donors (Lipinski definition) is 0. The summed E-state index contributed by atoms with van der Waals surface area (Å²) in [5, 5.41) is 1.07. The first-order chi connectivity index (χ1) is 13.7. The normalized spacial score (nSPS) is 19.0. The molecular formula is C22H24N4O2. The van der Waals surface area contributed by atoms with Crippen molar-refractivity contribution >= 4 is 22.6 Å². The van der Waals surface area contributed by atoms with Crippen molar-refractivity contribution in [3.05, 3.63) is 54.4 Å². The van der Waals surface area contributed by atoms with E-state index >= 15 is 0 Å². The highest BCUT2D eigenvalue weighted by Gasteiger charge is 2.29. The quantitative estimate of drug-likeness (QED) is 0.705. The number of anilines is 1. The largest absolute Gasteiger partial charge is 0.486 e. The molecule has 0 radical (unpaired) electrons. The second-order valence-corrected chi connectivity index (χ2v) is 7.45. The molecule has 2 aliphatic heterocycles. The van der Waals surface area contributed by atoms with Gasteiger partial charge in [-0.3, -0.25) is 4.79 Å². The first-order valence-electron chi connectivity index (χ1n) is 9.98. The molecule has 0 bridgehead atoms. The number of rotatable bonds is 3. The van der Waals surface area contributed by atoms with E-state index in [1.165, 1.54) is 0 Å². The second-order valence-electron chi connectivity index (χ2n) is 7.45. The van der Waals surface area contributed by atoms with Gasteiger partial charge in [-0.25, -0.2) is 4.98 Å². The summed E-state index contributed by atoms with van der Waals surface area (Å²) < 4.78 is 8.26. The topological polar surface area (TPSA) is 50.6 Å². The van der Waals surface area contributed by atoms with E-state index in [1.54, 1.807) is 0 Å². The third-order valence-electron chi connectivity index (χ3n) is 5.78. The van der Waals surface area contributed by atoms with Crippen LogP contribution in [0.5, 0.6) is 5.75 Å². The number of amides is 1. The van der Waals surface area contributed by atoms with Gasteiger partial charge in [-0.1, -0.05) is 25.1 Å². The van der Waals surface area contributed by atoms with Crippen LogP contribution in [0.25, 0.3) is 10.9 Å². The molecule has 1 saturated heterocycles. The fourth-order valence-corrected chi connectivity index (χ4v) is 4.23. The summed E-state index contributed by atoms with van der Waals surface area (Å²) in [5.41, 5.74) is 1.82. The lowest BCUT2D eigenvalue weighted by atomic mass is 10.2. The molecule has 3 aromatic rings. The molecule has 4 heterocycles. The summed E-state index contributed by atoms with van der Waals surface area (Å²) in [6.45, 7) is 5.86. The molecule has 1 amide bonds. The molecule has 1 aromatic carbocycles. The summed E-state index contributed by atoms with van der Waals surface area (Å²) in [4.78, 5) is 22.0. The first kappa shape index (κ1) is 17.1. The van der Waals surface area contributed by atoms with Crippen molar-refractivity contribution in [2.24, 2.45) is 0 Å². The van der Waals surface area contributed by atoms with Crippen LogP contribution in [0.15, 0.2) is 48.7 Å². The Morgan fingerprint density at radius 3 is 2.75 bits per heavy atom. The Morgan fingerprint density at radius 2 is 2.00 bits per heavy atom. The molecule has 0 unspecified atom stereocenters. The number of nitrogens with zero attached hydrogens (tertiary/aromatic N) is 4. The molecule has 1 atom stereocenters. The zero-order valence-corrected chi connectivity index (χ0v) is 16.0. The van der Waals surface area contributed by atoms with Gasteiger partial charge in [-0.15, -0.1) is 0 Å². The van der Waals surface area contributed by atoms with E-state index in [2.05, 4.69) is 27.4 Å². The van der Waals surface area contributed by atoms with Gasteiger partial charge in [0.15, 0.2) is 0 Å². The Hall–Kier alpha value is -3.02. The van der Waals surface area contributed by atoms with Crippen molar-refractivity contribution in [3.63, 3.8) is 0 Å². The number of ether oxygens (including phenoxy) is 1. The van der Waals surface area contributed by atoms with Crippen LogP contribution >= 0.6 is 0 Å². The van der Waals surface area contributed by atoms with Gasteiger partial charge >= 0.3 is 0 Å². The molecule has 28 heavy (non-hydrogen) atoms. The second kappa shape index (κ2) is 6.86. The number of pyridine rings is 1. The molecule has 6 heteroatoms. The van der Waals surface area contributed by atoms with E-state index in [4.69, 9.17) is 4.74 Å². The minimum absolute atomic E-state index is 0.109. The number of aromatic nitrogens is 2. The molecule has 0 spiro atoms. The number of para-hydroxylation sites is 1. The maximum Gasteiger partial charge on any atom is 0.270 e. The van der Waals surface area contributed by atoms with Crippen molar-refractivity contribution in [2.45, 2.75) is 26.0 Å². The average molecular weight is 376 g/mol. The molecule has 0 saturated carbocycles. The molecule has 2 aliphatic rings. The van der Waals surface area contributed by atoms with Gasteiger partial charge in [0.05, 0.1) is 12.1 Å². The standard InChI is InChI=1S/C22H24N4O2/c1-2-17-15-26-18(14-16-6-5-7-19(28-17)21(16)26)22(27)25-12-10-24(11-13-25)20-8-3-4-9-23-20/h3-9,14,17H,2,10-13,15H2,1H3/t17-/m0/s1. The van der Waals surface area contributed by atoms with Crippen molar-refractivity contribution in [1.82, 2.24) is 14.5 Å². The molecule has 0 N–H and O–H groups in total. The molecule has 2 aromatic heterocycles. The Balaban J connectivity index is 1.40. The third-order valence-corrected chi connectivity index (χ3v) is 5.78. The number of carbonyl (C=O) groups is 1. The van der Waals surface area contributed by atoms with Crippen molar-refractivity contribution in [3.8, 4) is 5.75 Å². The van der Waals surface area contributed by atoms with Crippen LogP contribution in [0.3, 0.4) is 0 Å². The Bertz CT molecular complexity index is 1010. The van der Waals surface area contributed by atoms with Crippen molar-refractivity contribution < 1.29 is 9.53 Å². The average Bonchev–Trinajstić information content (AvgIpc) is 3.14. The predicted molar refractivity (Wildman–Crippen MR) is 109 cm³/mol. The SMILES string of the molecule is CC[C@H]1Cn2c(C(=O)N3CCN(c4ccccn4)CC3)cc3cccc(c32)O1. The van der Waals surface area contributed by atoms with Gasteiger partial charge in [-0.05, 0) is 30.7 Å². The minimum Gasteiger partial charge on any atom is -0.486 e. The summed E-state index contributed by atoms with van der Waals surface area (Å²) in [5.74, 6) is 1.97. The molecule has 144 valence electrons. The molecule has 5 rings (SSSR count). The maximum atomic E-state index is 13.4. The summed E-state index contributed by atoms with van der Waals surface area (Å²) >= 11 is 0. The number of hydrogen-bond acceptors (Lipinski definition) is 4. The lowest BCUT2D eigenvalue weighted by molar-refractivity contribution is 0.0730. The number of piperazine rings is 1. The maximum absolute atomic E-state index is 13.4. The smallest absolute Gasteiger partial charge is 0.270 e. The van der Waals surface area contributed by atoms with E-state index in [0.717, 1.165) is 54.2 Å². The predicted octanol–water partition coefficient (Wildman–Crippen LogP) is 3.17. The lowest BCUT2D eigenvalue weighted by Gasteiger charge is -2.35. The van der Waals surface area contributed by atoms with Crippen LogP contribution in [-0.2, 0) is 6.54 Å².